The Hall–Kier alpha value is -1.25. The van der Waals surface area contributed by atoms with E-state index < -0.39 is 18.1 Å². The lowest BCUT2D eigenvalue weighted by Crippen LogP contribution is -2.27. The number of aryl methyl sites for hydroxylation is 1. The Morgan fingerprint density at radius 3 is 2.60 bits per heavy atom. The fourth-order valence-electron chi connectivity index (χ4n) is 2.12. The van der Waals surface area contributed by atoms with Crippen LogP contribution in [-0.4, -0.2) is 12.2 Å². The lowest BCUT2D eigenvalue weighted by molar-refractivity contribution is -0.134. The molecule has 0 saturated carbocycles. The summed E-state index contributed by atoms with van der Waals surface area (Å²) in [5, 5.41) is 0. The van der Waals surface area contributed by atoms with Crippen LogP contribution in [0, 0.1) is 5.92 Å². The average Bonchev–Trinajstić information content (AvgIpc) is 2.27. The molecule has 1 nitrogen and oxygen atoms in total. The van der Waals surface area contributed by atoms with Crippen LogP contribution in [0.5, 0.6) is 0 Å². The summed E-state index contributed by atoms with van der Waals surface area (Å²) in [6.45, 7) is 0. The highest BCUT2D eigenvalue weighted by molar-refractivity contribution is 5.84. The van der Waals surface area contributed by atoms with Crippen LogP contribution in [0.4, 0.5) is 8.78 Å². The van der Waals surface area contributed by atoms with Gasteiger partial charge >= 0.3 is 0 Å². The van der Waals surface area contributed by atoms with Gasteiger partial charge in [-0.15, -0.1) is 0 Å². The van der Waals surface area contributed by atoms with E-state index in [1.165, 1.54) is 5.56 Å². The van der Waals surface area contributed by atoms with Gasteiger partial charge in [-0.05, 0) is 30.4 Å². The predicted octanol–water partition coefficient (Wildman–Crippen LogP) is 2.63. The zero-order valence-electron chi connectivity index (χ0n) is 8.25. The molecule has 3 heteroatoms. The highest BCUT2D eigenvalue weighted by atomic mass is 19.3. The summed E-state index contributed by atoms with van der Waals surface area (Å²) in [6.07, 6.45) is -1.06. The number of fused-ring (bicyclic) bond motifs is 1. The van der Waals surface area contributed by atoms with Gasteiger partial charge in [-0.1, -0.05) is 24.3 Å². The molecule has 1 atom stereocenters. The van der Waals surface area contributed by atoms with Gasteiger partial charge in [0.25, 0.3) is 6.43 Å². The summed E-state index contributed by atoms with van der Waals surface area (Å²) >= 11 is 0. The number of hydrogen-bond donors (Lipinski definition) is 0. The van der Waals surface area contributed by atoms with Gasteiger partial charge in [-0.25, -0.2) is 8.78 Å². The molecule has 0 bridgehead atoms. The molecule has 0 fully saturated rings. The summed E-state index contributed by atoms with van der Waals surface area (Å²) < 4.78 is 24.5. The molecule has 0 aromatic heterocycles. The van der Waals surface area contributed by atoms with Crippen molar-refractivity contribution in [2.75, 3.05) is 0 Å². The molecule has 80 valence electrons. The second kappa shape index (κ2) is 4.09. The Morgan fingerprint density at radius 1 is 1.27 bits per heavy atom. The van der Waals surface area contributed by atoms with Crippen molar-refractivity contribution in [3.05, 3.63) is 35.4 Å². The van der Waals surface area contributed by atoms with Gasteiger partial charge in [0.2, 0.25) is 5.78 Å². The molecule has 0 radical (unpaired) electrons. The fraction of sp³-hybridized carbons (Fsp3) is 0.417. The number of benzene rings is 1. The van der Waals surface area contributed by atoms with Gasteiger partial charge in [0.15, 0.2) is 0 Å². The summed E-state index contributed by atoms with van der Waals surface area (Å²) in [6, 6.07) is 7.74. The third-order valence-corrected chi connectivity index (χ3v) is 2.96. The number of ketones is 1. The van der Waals surface area contributed by atoms with E-state index in [4.69, 9.17) is 0 Å². The molecule has 2 rings (SSSR count). The van der Waals surface area contributed by atoms with Gasteiger partial charge < -0.3 is 0 Å². The average molecular weight is 210 g/mol. The van der Waals surface area contributed by atoms with E-state index in [1.807, 2.05) is 24.3 Å². The molecular formula is C12H12F2O. The van der Waals surface area contributed by atoms with Crippen molar-refractivity contribution in [2.24, 2.45) is 5.92 Å². The summed E-state index contributed by atoms with van der Waals surface area (Å²) in [5.74, 6) is -1.38. The molecule has 0 N–H and O–H groups in total. The highest BCUT2D eigenvalue weighted by Crippen LogP contribution is 2.27. The fourth-order valence-corrected chi connectivity index (χ4v) is 2.12. The Kier molecular flexibility index (Phi) is 2.80. The van der Waals surface area contributed by atoms with Gasteiger partial charge in [0.1, 0.15) is 0 Å². The second-order valence-electron chi connectivity index (χ2n) is 3.91. The molecule has 0 amide bonds. The lowest BCUT2D eigenvalue weighted by Gasteiger charge is -2.23. The van der Waals surface area contributed by atoms with Crippen LogP contribution in [0.15, 0.2) is 24.3 Å². The minimum absolute atomic E-state index is 0.472. The number of halogens is 2. The van der Waals surface area contributed by atoms with Crippen molar-refractivity contribution in [3.8, 4) is 0 Å². The molecule has 1 aromatic rings. The maximum Gasteiger partial charge on any atom is 0.296 e. The van der Waals surface area contributed by atoms with Crippen molar-refractivity contribution < 1.29 is 13.6 Å². The quantitative estimate of drug-likeness (QED) is 0.733. The van der Waals surface area contributed by atoms with Gasteiger partial charge in [0.05, 0.1) is 0 Å². The molecule has 15 heavy (non-hydrogen) atoms. The maximum atomic E-state index is 12.2. The number of alkyl halides is 2. The van der Waals surface area contributed by atoms with E-state index in [1.54, 1.807) is 0 Å². The van der Waals surface area contributed by atoms with E-state index in [2.05, 4.69) is 0 Å². The van der Waals surface area contributed by atoms with E-state index in [0.717, 1.165) is 12.0 Å². The highest BCUT2D eigenvalue weighted by Gasteiger charge is 2.29. The Morgan fingerprint density at radius 2 is 1.93 bits per heavy atom. The SMILES string of the molecule is O=C(C(F)F)C1CCc2ccccc2C1. The van der Waals surface area contributed by atoms with Crippen LogP contribution in [0.3, 0.4) is 0 Å². The summed E-state index contributed by atoms with van der Waals surface area (Å²) in [5.41, 5.74) is 2.23. The van der Waals surface area contributed by atoms with E-state index in [9.17, 15) is 13.6 Å². The minimum Gasteiger partial charge on any atom is -0.293 e. The van der Waals surface area contributed by atoms with E-state index >= 15 is 0 Å². The lowest BCUT2D eigenvalue weighted by atomic mass is 9.82. The first-order valence-corrected chi connectivity index (χ1v) is 5.07. The molecule has 0 aliphatic heterocycles. The smallest absolute Gasteiger partial charge is 0.293 e. The monoisotopic (exact) mass is 210 g/mol. The number of Topliss-reactive ketones (excluding diaryl/α,β-unsaturated/α-hetero) is 1. The zero-order valence-corrected chi connectivity index (χ0v) is 8.25. The van der Waals surface area contributed by atoms with Crippen LogP contribution in [0.25, 0.3) is 0 Å². The van der Waals surface area contributed by atoms with Crippen LogP contribution in [-0.2, 0) is 17.6 Å². The molecule has 0 saturated heterocycles. The largest absolute Gasteiger partial charge is 0.296 e. The molecule has 1 aromatic carbocycles. The number of hydrogen-bond acceptors (Lipinski definition) is 1. The maximum absolute atomic E-state index is 12.2. The van der Waals surface area contributed by atoms with Crippen molar-refractivity contribution >= 4 is 5.78 Å². The van der Waals surface area contributed by atoms with Crippen LogP contribution >= 0.6 is 0 Å². The van der Waals surface area contributed by atoms with Crippen molar-refractivity contribution in [2.45, 2.75) is 25.7 Å². The van der Waals surface area contributed by atoms with E-state index in [0.29, 0.717) is 12.8 Å². The van der Waals surface area contributed by atoms with Crippen molar-refractivity contribution in [1.82, 2.24) is 0 Å². The van der Waals surface area contributed by atoms with Gasteiger partial charge in [-0.2, -0.15) is 0 Å². The topological polar surface area (TPSA) is 17.1 Å². The first-order valence-electron chi connectivity index (χ1n) is 5.07. The third kappa shape index (κ3) is 2.06. The standard InChI is InChI=1S/C12H12F2O/c13-12(14)11(15)10-6-5-8-3-1-2-4-9(8)7-10/h1-4,10,12H,5-7H2. The van der Waals surface area contributed by atoms with Gasteiger partial charge in [0, 0.05) is 5.92 Å². The van der Waals surface area contributed by atoms with Crippen molar-refractivity contribution in [3.63, 3.8) is 0 Å². The molecule has 1 unspecified atom stereocenters. The predicted molar refractivity (Wildman–Crippen MR) is 53.0 cm³/mol. The normalized spacial score (nSPS) is 20.1. The van der Waals surface area contributed by atoms with Crippen LogP contribution < -0.4 is 0 Å². The number of carbonyl (C=O) groups excluding carboxylic acids is 1. The minimum atomic E-state index is -2.82. The summed E-state index contributed by atoms with van der Waals surface area (Å²) in [4.78, 5) is 11.2. The number of rotatable bonds is 2. The number of carbonyl (C=O) groups is 1. The van der Waals surface area contributed by atoms with E-state index in [-0.39, 0.29) is 0 Å². The van der Waals surface area contributed by atoms with Crippen LogP contribution in [0.1, 0.15) is 17.5 Å². The molecule has 1 aliphatic rings. The first-order chi connectivity index (χ1) is 7.18. The van der Waals surface area contributed by atoms with Crippen LogP contribution in [0.2, 0.25) is 0 Å². The first kappa shape index (κ1) is 10.3. The second-order valence-corrected chi connectivity index (χ2v) is 3.91. The Labute approximate surface area is 87.1 Å². The molecular weight excluding hydrogens is 198 g/mol. The third-order valence-electron chi connectivity index (χ3n) is 2.96. The van der Waals surface area contributed by atoms with Gasteiger partial charge in [-0.3, -0.25) is 4.79 Å². The molecule has 0 heterocycles. The Bertz CT molecular complexity index is 374. The molecule has 1 aliphatic carbocycles. The zero-order chi connectivity index (χ0) is 10.8. The van der Waals surface area contributed by atoms with Crippen molar-refractivity contribution in [1.29, 1.82) is 0 Å². The molecule has 0 spiro atoms. The summed E-state index contributed by atoms with van der Waals surface area (Å²) in [7, 11) is 0. The Balaban J connectivity index is 2.15.